The van der Waals surface area contributed by atoms with E-state index in [1.165, 1.54) is 28.6 Å². The zero-order chi connectivity index (χ0) is 15.7. The predicted octanol–water partition coefficient (Wildman–Crippen LogP) is 2.21. The number of aryl methyl sites for hydroxylation is 1. The summed E-state index contributed by atoms with van der Waals surface area (Å²) in [5.41, 5.74) is 1.16. The van der Waals surface area contributed by atoms with Crippen LogP contribution in [0.1, 0.15) is 29.9 Å². The minimum Gasteiger partial charge on any atom is -0.360 e. The lowest BCUT2D eigenvalue weighted by molar-refractivity contribution is 0.316. The minimum atomic E-state index is -3.62. The summed E-state index contributed by atoms with van der Waals surface area (Å²) in [7, 11) is -3.62. The molecule has 0 aliphatic heterocycles. The first kappa shape index (κ1) is 14.8. The van der Waals surface area contributed by atoms with E-state index >= 15 is 0 Å². The largest absolute Gasteiger partial charge is 0.360 e. The summed E-state index contributed by atoms with van der Waals surface area (Å²) in [6.45, 7) is 1.97. The van der Waals surface area contributed by atoms with Gasteiger partial charge in [0.25, 0.3) is 0 Å². The molecule has 6 nitrogen and oxygen atoms in total. The van der Waals surface area contributed by atoms with Crippen molar-refractivity contribution in [1.82, 2.24) is 9.46 Å². The van der Waals surface area contributed by atoms with Crippen molar-refractivity contribution < 1.29 is 12.9 Å². The maximum Gasteiger partial charge on any atom is 0.243 e. The standard InChI is InChI=1S/C15H15N3O3S/c1-11-8-14(21-17-11)10-18(13-4-5-13)22(19,20)15-6-2-12(9-16)3-7-15/h2-3,6-8,13H,4-5,10H2,1H3. The van der Waals surface area contributed by atoms with E-state index in [1.807, 2.05) is 6.07 Å². The number of hydrogen-bond donors (Lipinski definition) is 0. The lowest BCUT2D eigenvalue weighted by Crippen LogP contribution is -2.32. The molecular weight excluding hydrogens is 302 g/mol. The van der Waals surface area contributed by atoms with Crippen LogP contribution in [0.3, 0.4) is 0 Å². The number of benzene rings is 1. The highest BCUT2D eigenvalue weighted by Gasteiger charge is 2.38. The topological polar surface area (TPSA) is 87.2 Å². The molecule has 0 bridgehead atoms. The van der Waals surface area contributed by atoms with Gasteiger partial charge in [-0.15, -0.1) is 0 Å². The highest BCUT2D eigenvalue weighted by atomic mass is 32.2. The number of nitrogens with zero attached hydrogens (tertiary/aromatic N) is 3. The molecule has 1 aromatic heterocycles. The van der Waals surface area contributed by atoms with Gasteiger partial charge in [-0.05, 0) is 44.0 Å². The van der Waals surface area contributed by atoms with Gasteiger partial charge >= 0.3 is 0 Å². The zero-order valence-corrected chi connectivity index (χ0v) is 12.9. The monoisotopic (exact) mass is 317 g/mol. The first-order valence-electron chi connectivity index (χ1n) is 6.95. The van der Waals surface area contributed by atoms with Crippen LogP contribution in [0.25, 0.3) is 0 Å². The van der Waals surface area contributed by atoms with Gasteiger partial charge in [-0.25, -0.2) is 8.42 Å². The smallest absolute Gasteiger partial charge is 0.243 e. The van der Waals surface area contributed by atoms with E-state index in [1.54, 1.807) is 13.0 Å². The summed E-state index contributed by atoms with van der Waals surface area (Å²) in [6, 6.07) is 9.68. The van der Waals surface area contributed by atoms with Crippen LogP contribution in [-0.4, -0.2) is 23.9 Å². The maximum atomic E-state index is 12.8. The highest BCUT2D eigenvalue weighted by molar-refractivity contribution is 7.89. The van der Waals surface area contributed by atoms with E-state index in [2.05, 4.69) is 5.16 Å². The van der Waals surface area contributed by atoms with E-state index in [-0.39, 0.29) is 17.5 Å². The summed E-state index contributed by atoms with van der Waals surface area (Å²) >= 11 is 0. The second-order valence-electron chi connectivity index (χ2n) is 5.35. The number of nitriles is 1. The Hall–Kier alpha value is -2.17. The van der Waals surface area contributed by atoms with Gasteiger partial charge in [-0.1, -0.05) is 5.16 Å². The molecule has 0 saturated heterocycles. The molecule has 114 valence electrons. The third kappa shape index (κ3) is 2.89. The number of sulfonamides is 1. The van der Waals surface area contributed by atoms with Crippen molar-refractivity contribution in [2.45, 2.75) is 37.2 Å². The van der Waals surface area contributed by atoms with Crippen molar-refractivity contribution in [2.24, 2.45) is 0 Å². The van der Waals surface area contributed by atoms with Crippen LogP contribution in [-0.2, 0) is 16.6 Å². The summed E-state index contributed by atoms with van der Waals surface area (Å²) in [6.07, 6.45) is 1.70. The summed E-state index contributed by atoms with van der Waals surface area (Å²) in [5.74, 6) is 0.529. The fourth-order valence-corrected chi connectivity index (χ4v) is 3.91. The normalized spacial score (nSPS) is 15.0. The highest BCUT2D eigenvalue weighted by Crippen LogP contribution is 2.33. The average Bonchev–Trinajstić information content (AvgIpc) is 3.27. The molecule has 1 aliphatic carbocycles. The van der Waals surface area contributed by atoms with Crippen molar-refractivity contribution in [3.05, 3.63) is 47.3 Å². The molecule has 0 amide bonds. The molecule has 0 N–H and O–H groups in total. The van der Waals surface area contributed by atoms with E-state index in [0.29, 0.717) is 11.3 Å². The Labute approximate surface area is 129 Å². The first-order valence-corrected chi connectivity index (χ1v) is 8.39. The molecule has 0 atom stereocenters. The van der Waals surface area contributed by atoms with Gasteiger partial charge in [-0.3, -0.25) is 0 Å². The minimum absolute atomic E-state index is 0.00560. The molecule has 1 aromatic carbocycles. The Balaban J connectivity index is 1.90. The number of rotatable bonds is 5. The molecule has 1 fully saturated rings. The van der Waals surface area contributed by atoms with Crippen molar-refractivity contribution in [1.29, 1.82) is 5.26 Å². The Morgan fingerprint density at radius 3 is 2.55 bits per heavy atom. The predicted molar refractivity (Wildman–Crippen MR) is 78.1 cm³/mol. The maximum absolute atomic E-state index is 12.8. The molecule has 7 heteroatoms. The van der Waals surface area contributed by atoms with E-state index in [0.717, 1.165) is 18.5 Å². The third-order valence-electron chi connectivity index (χ3n) is 3.53. The molecule has 0 unspecified atom stereocenters. The molecule has 0 spiro atoms. The van der Waals surface area contributed by atoms with Crippen LogP contribution in [0.2, 0.25) is 0 Å². The van der Waals surface area contributed by atoms with Crippen LogP contribution in [0.15, 0.2) is 39.8 Å². The second-order valence-corrected chi connectivity index (χ2v) is 7.24. The van der Waals surface area contributed by atoms with Gasteiger partial charge in [0, 0.05) is 12.1 Å². The lowest BCUT2D eigenvalue weighted by Gasteiger charge is -2.20. The Kier molecular flexibility index (Phi) is 3.72. The molecule has 0 radical (unpaired) electrons. The molecule has 2 aromatic rings. The number of aromatic nitrogens is 1. The zero-order valence-electron chi connectivity index (χ0n) is 12.1. The van der Waals surface area contributed by atoms with Crippen molar-refractivity contribution in [2.75, 3.05) is 0 Å². The van der Waals surface area contributed by atoms with Gasteiger partial charge in [-0.2, -0.15) is 9.57 Å². The van der Waals surface area contributed by atoms with Crippen LogP contribution in [0.4, 0.5) is 0 Å². The lowest BCUT2D eigenvalue weighted by atomic mass is 10.2. The van der Waals surface area contributed by atoms with Crippen LogP contribution < -0.4 is 0 Å². The van der Waals surface area contributed by atoms with Crippen LogP contribution >= 0.6 is 0 Å². The summed E-state index contributed by atoms with van der Waals surface area (Å²) in [4.78, 5) is 0.189. The molecule has 1 aliphatic rings. The van der Waals surface area contributed by atoms with Crippen molar-refractivity contribution in [3.8, 4) is 6.07 Å². The Morgan fingerprint density at radius 2 is 2.05 bits per heavy atom. The fraction of sp³-hybridized carbons (Fsp3) is 0.333. The second kappa shape index (κ2) is 5.55. The third-order valence-corrected chi connectivity index (χ3v) is 5.45. The van der Waals surface area contributed by atoms with Gasteiger partial charge in [0.2, 0.25) is 10.0 Å². The van der Waals surface area contributed by atoms with Crippen molar-refractivity contribution in [3.63, 3.8) is 0 Å². The van der Waals surface area contributed by atoms with Gasteiger partial charge in [0.15, 0.2) is 5.76 Å². The van der Waals surface area contributed by atoms with Crippen molar-refractivity contribution >= 4 is 10.0 Å². The SMILES string of the molecule is Cc1cc(CN(C2CC2)S(=O)(=O)c2ccc(C#N)cc2)on1. The summed E-state index contributed by atoms with van der Waals surface area (Å²) < 4.78 is 32.2. The Bertz CT molecular complexity index is 814. The van der Waals surface area contributed by atoms with E-state index < -0.39 is 10.0 Å². The molecule has 3 rings (SSSR count). The molecule has 1 heterocycles. The molecular formula is C15H15N3O3S. The molecule has 1 saturated carbocycles. The quantitative estimate of drug-likeness (QED) is 0.843. The summed E-state index contributed by atoms with van der Waals surface area (Å²) in [5, 5.41) is 12.6. The van der Waals surface area contributed by atoms with Gasteiger partial charge in [0.1, 0.15) is 0 Å². The van der Waals surface area contributed by atoms with Gasteiger partial charge < -0.3 is 4.52 Å². The van der Waals surface area contributed by atoms with Crippen LogP contribution in [0.5, 0.6) is 0 Å². The first-order chi connectivity index (χ1) is 10.5. The van der Waals surface area contributed by atoms with E-state index in [9.17, 15) is 8.42 Å². The average molecular weight is 317 g/mol. The van der Waals surface area contributed by atoms with Crippen LogP contribution in [0, 0.1) is 18.3 Å². The fourth-order valence-electron chi connectivity index (χ4n) is 2.25. The Morgan fingerprint density at radius 1 is 1.36 bits per heavy atom. The van der Waals surface area contributed by atoms with E-state index in [4.69, 9.17) is 9.78 Å². The van der Waals surface area contributed by atoms with Gasteiger partial charge in [0.05, 0.1) is 28.8 Å². The molecule has 22 heavy (non-hydrogen) atoms. The number of hydrogen-bond acceptors (Lipinski definition) is 5.